The molecule has 0 aliphatic heterocycles. The Balaban J connectivity index is 1.20. The number of para-hydroxylation sites is 1. The Kier molecular flexibility index (Phi) is 6.40. The van der Waals surface area contributed by atoms with Gasteiger partial charge in [-0.3, -0.25) is 4.98 Å². The van der Waals surface area contributed by atoms with Crippen LogP contribution < -0.4 is 0 Å². The molecule has 48 heavy (non-hydrogen) atoms. The van der Waals surface area contributed by atoms with Gasteiger partial charge in [-0.2, -0.15) is 0 Å². The van der Waals surface area contributed by atoms with Gasteiger partial charge in [0.25, 0.3) is 0 Å². The Bertz CT molecular complexity index is 2410. The highest BCUT2D eigenvalue weighted by Gasteiger charge is 2.36. The van der Waals surface area contributed by atoms with Crippen LogP contribution in [0.15, 0.2) is 152 Å². The van der Waals surface area contributed by atoms with Crippen molar-refractivity contribution in [2.75, 3.05) is 0 Å². The van der Waals surface area contributed by atoms with Gasteiger partial charge in [-0.05, 0) is 58.1 Å². The molecule has 5 nitrogen and oxygen atoms in total. The Morgan fingerprint density at radius 3 is 1.62 bits per heavy atom. The SMILES string of the molecule is CC1(C)c2ccc(-c3nc(-c4ccccc4)nc(-c4ccccc4)n3)cc2-c2cc(-c3cn(-c4ccncc4)c4ccccc34)ccc21. The number of fused-ring (bicyclic) bond motifs is 4. The zero-order valence-electron chi connectivity index (χ0n) is 26.7. The molecule has 3 heterocycles. The number of aromatic nitrogens is 5. The van der Waals surface area contributed by atoms with Gasteiger partial charge >= 0.3 is 0 Å². The molecule has 0 N–H and O–H groups in total. The second-order valence-corrected chi connectivity index (χ2v) is 12.8. The number of nitrogens with zero attached hydrogens (tertiary/aromatic N) is 5. The summed E-state index contributed by atoms with van der Waals surface area (Å²) in [6.07, 6.45) is 5.93. The van der Waals surface area contributed by atoms with Gasteiger partial charge in [0.05, 0.1) is 5.52 Å². The number of pyridine rings is 1. The van der Waals surface area contributed by atoms with Gasteiger partial charge in [0, 0.05) is 57.3 Å². The molecule has 5 aromatic carbocycles. The van der Waals surface area contributed by atoms with Crippen LogP contribution in [0.5, 0.6) is 0 Å². The lowest BCUT2D eigenvalue weighted by atomic mass is 9.82. The summed E-state index contributed by atoms with van der Waals surface area (Å²) in [4.78, 5) is 19.2. The third-order valence-electron chi connectivity index (χ3n) is 9.60. The fourth-order valence-electron chi connectivity index (χ4n) is 7.14. The lowest BCUT2D eigenvalue weighted by Crippen LogP contribution is -2.14. The number of hydrogen-bond donors (Lipinski definition) is 0. The van der Waals surface area contributed by atoms with Crippen LogP contribution in [0.2, 0.25) is 0 Å². The lowest BCUT2D eigenvalue weighted by molar-refractivity contribution is 0.660. The van der Waals surface area contributed by atoms with Crippen molar-refractivity contribution in [3.05, 3.63) is 163 Å². The van der Waals surface area contributed by atoms with Crippen LogP contribution in [-0.2, 0) is 5.41 Å². The minimum atomic E-state index is -0.143. The molecule has 0 unspecified atom stereocenters. The summed E-state index contributed by atoms with van der Waals surface area (Å²) < 4.78 is 2.25. The molecule has 0 radical (unpaired) electrons. The summed E-state index contributed by atoms with van der Waals surface area (Å²) in [7, 11) is 0. The van der Waals surface area contributed by atoms with Crippen molar-refractivity contribution in [3.63, 3.8) is 0 Å². The van der Waals surface area contributed by atoms with E-state index in [4.69, 9.17) is 15.0 Å². The highest BCUT2D eigenvalue weighted by atomic mass is 15.0. The summed E-state index contributed by atoms with van der Waals surface area (Å²) >= 11 is 0. The predicted octanol–water partition coefficient (Wildman–Crippen LogP) is 10.2. The maximum absolute atomic E-state index is 5.02. The molecule has 1 aliphatic carbocycles. The van der Waals surface area contributed by atoms with Crippen molar-refractivity contribution in [1.29, 1.82) is 0 Å². The minimum Gasteiger partial charge on any atom is -0.316 e. The van der Waals surface area contributed by atoms with Crippen molar-refractivity contribution in [1.82, 2.24) is 24.5 Å². The van der Waals surface area contributed by atoms with Gasteiger partial charge in [-0.15, -0.1) is 0 Å². The highest BCUT2D eigenvalue weighted by Crippen LogP contribution is 2.51. The fraction of sp³-hybridized carbons (Fsp3) is 0.0698. The molecule has 3 aromatic heterocycles. The summed E-state index contributed by atoms with van der Waals surface area (Å²) in [5, 5.41) is 1.22. The second-order valence-electron chi connectivity index (χ2n) is 12.8. The molecule has 9 rings (SSSR count). The summed E-state index contributed by atoms with van der Waals surface area (Å²) in [6.45, 7) is 4.63. The maximum atomic E-state index is 5.02. The summed E-state index contributed by atoms with van der Waals surface area (Å²) in [5.74, 6) is 1.98. The molecule has 5 heteroatoms. The average molecular weight is 618 g/mol. The summed E-state index contributed by atoms with van der Waals surface area (Å²) in [5.41, 5.74) is 12.5. The molecular formula is C43H31N5. The summed E-state index contributed by atoms with van der Waals surface area (Å²) in [6, 6.07) is 46.6. The molecule has 0 saturated carbocycles. The van der Waals surface area contributed by atoms with Gasteiger partial charge < -0.3 is 4.57 Å². The van der Waals surface area contributed by atoms with Crippen LogP contribution in [0.1, 0.15) is 25.0 Å². The van der Waals surface area contributed by atoms with E-state index in [0.717, 1.165) is 22.4 Å². The molecule has 0 spiro atoms. The zero-order valence-corrected chi connectivity index (χ0v) is 26.7. The Morgan fingerprint density at radius 1 is 0.479 bits per heavy atom. The first-order valence-corrected chi connectivity index (χ1v) is 16.2. The molecule has 0 atom stereocenters. The molecule has 8 aromatic rings. The van der Waals surface area contributed by atoms with E-state index in [0.29, 0.717) is 17.5 Å². The normalized spacial score (nSPS) is 13.0. The molecule has 0 amide bonds. The molecule has 0 fully saturated rings. The largest absolute Gasteiger partial charge is 0.316 e. The van der Waals surface area contributed by atoms with Crippen LogP contribution in [0.4, 0.5) is 0 Å². The van der Waals surface area contributed by atoms with Crippen molar-refractivity contribution in [3.8, 4) is 62.1 Å². The molecular weight excluding hydrogens is 587 g/mol. The first-order chi connectivity index (χ1) is 23.5. The highest BCUT2D eigenvalue weighted by molar-refractivity contribution is 5.98. The van der Waals surface area contributed by atoms with Gasteiger partial charge in [0.15, 0.2) is 17.5 Å². The molecule has 228 valence electrons. The van der Waals surface area contributed by atoms with E-state index >= 15 is 0 Å². The second kappa shape index (κ2) is 11.0. The standard InChI is InChI=1S/C43H31N5/c1-43(2)37-19-17-30(36-27-48(32-21-23-44-24-22-32)39-16-10-9-15-33(36)39)25-34(37)35-26-31(18-20-38(35)43)42-46-40(28-11-5-3-6-12-28)45-41(47-42)29-13-7-4-8-14-29/h3-27H,1-2H3. The van der Waals surface area contributed by atoms with E-state index in [9.17, 15) is 0 Å². The van der Waals surface area contributed by atoms with E-state index in [1.807, 2.05) is 85.2 Å². The Labute approximate surface area is 279 Å². The molecule has 0 saturated heterocycles. The number of benzene rings is 5. The van der Waals surface area contributed by atoms with E-state index < -0.39 is 0 Å². The molecule has 1 aliphatic rings. The van der Waals surface area contributed by atoms with Crippen molar-refractivity contribution in [2.45, 2.75) is 19.3 Å². The van der Waals surface area contributed by atoms with Crippen LogP contribution in [-0.4, -0.2) is 24.5 Å². The van der Waals surface area contributed by atoms with Crippen LogP contribution in [0.3, 0.4) is 0 Å². The van der Waals surface area contributed by atoms with Crippen LogP contribution in [0.25, 0.3) is 73.0 Å². The monoisotopic (exact) mass is 617 g/mol. The van der Waals surface area contributed by atoms with Gasteiger partial charge in [0.2, 0.25) is 0 Å². The number of rotatable bonds is 5. The van der Waals surface area contributed by atoms with Crippen molar-refractivity contribution < 1.29 is 0 Å². The first-order valence-electron chi connectivity index (χ1n) is 16.2. The van der Waals surface area contributed by atoms with E-state index in [1.165, 1.54) is 44.3 Å². The van der Waals surface area contributed by atoms with Gasteiger partial charge in [-0.1, -0.05) is 117 Å². The average Bonchev–Trinajstić information content (AvgIpc) is 3.65. The first kappa shape index (κ1) is 28.1. The lowest BCUT2D eigenvalue weighted by Gasteiger charge is -2.21. The third-order valence-corrected chi connectivity index (χ3v) is 9.60. The molecule has 0 bridgehead atoms. The van der Waals surface area contributed by atoms with Crippen molar-refractivity contribution >= 4 is 10.9 Å². The fourth-order valence-corrected chi connectivity index (χ4v) is 7.14. The third kappa shape index (κ3) is 4.55. The van der Waals surface area contributed by atoms with Gasteiger partial charge in [0.1, 0.15) is 0 Å². The van der Waals surface area contributed by atoms with E-state index in [2.05, 4.69) is 90.3 Å². The smallest absolute Gasteiger partial charge is 0.164 e. The van der Waals surface area contributed by atoms with Gasteiger partial charge in [-0.25, -0.2) is 15.0 Å². The Morgan fingerprint density at radius 2 is 1.00 bits per heavy atom. The number of hydrogen-bond acceptors (Lipinski definition) is 4. The zero-order chi connectivity index (χ0) is 32.2. The topological polar surface area (TPSA) is 56.5 Å². The predicted molar refractivity (Wildman–Crippen MR) is 194 cm³/mol. The maximum Gasteiger partial charge on any atom is 0.164 e. The van der Waals surface area contributed by atoms with Crippen LogP contribution >= 0.6 is 0 Å². The van der Waals surface area contributed by atoms with E-state index in [1.54, 1.807) is 0 Å². The Hall–Kier alpha value is -6.20. The minimum absolute atomic E-state index is 0.143. The quantitative estimate of drug-likeness (QED) is 0.193. The van der Waals surface area contributed by atoms with Crippen LogP contribution in [0, 0.1) is 0 Å². The van der Waals surface area contributed by atoms with E-state index in [-0.39, 0.29) is 5.41 Å². The van der Waals surface area contributed by atoms with Crippen molar-refractivity contribution in [2.24, 2.45) is 0 Å².